The molecule has 2 aromatic carbocycles. The number of nitrogens with zero attached hydrogens (tertiary/aromatic N) is 1. The lowest BCUT2D eigenvalue weighted by atomic mass is 10.2. The van der Waals surface area contributed by atoms with E-state index in [-0.39, 0.29) is 5.91 Å². The van der Waals surface area contributed by atoms with Crippen molar-refractivity contribution in [3.63, 3.8) is 0 Å². The van der Waals surface area contributed by atoms with Gasteiger partial charge in [0.25, 0.3) is 5.91 Å². The summed E-state index contributed by atoms with van der Waals surface area (Å²) in [6, 6.07) is 20.1. The second-order valence-corrected chi connectivity index (χ2v) is 7.26. The van der Waals surface area contributed by atoms with Crippen LogP contribution >= 0.6 is 23.1 Å². The van der Waals surface area contributed by atoms with Gasteiger partial charge in [-0.3, -0.25) is 4.79 Å². The van der Waals surface area contributed by atoms with Crippen LogP contribution in [0.25, 0.3) is 0 Å². The molecule has 1 heterocycles. The Balaban J connectivity index is 1.57. The number of hydrogen-bond donors (Lipinski definition) is 1. The Morgan fingerprint density at radius 3 is 2.33 bits per heavy atom. The van der Waals surface area contributed by atoms with E-state index in [0.717, 1.165) is 5.56 Å². The maximum absolute atomic E-state index is 11.8. The van der Waals surface area contributed by atoms with Crippen molar-refractivity contribution in [1.29, 1.82) is 0 Å². The van der Waals surface area contributed by atoms with E-state index in [9.17, 15) is 4.79 Å². The largest absolute Gasteiger partial charge is 0.281 e. The molecule has 0 spiro atoms. The maximum Gasteiger partial charge on any atom is 0.281 e. The van der Waals surface area contributed by atoms with Gasteiger partial charge in [-0.1, -0.05) is 47.7 Å². The summed E-state index contributed by atoms with van der Waals surface area (Å²) in [4.78, 5) is 14.8. The highest BCUT2D eigenvalue weighted by molar-refractivity contribution is 7.99. The Morgan fingerprint density at radius 1 is 1.04 bits per heavy atom. The van der Waals surface area contributed by atoms with Gasteiger partial charge in [-0.25, -0.2) is 5.43 Å². The molecule has 120 valence electrons. The quantitative estimate of drug-likeness (QED) is 0.520. The van der Waals surface area contributed by atoms with Crippen molar-refractivity contribution in [2.24, 2.45) is 5.10 Å². The van der Waals surface area contributed by atoms with Gasteiger partial charge >= 0.3 is 0 Å². The number of hydrazone groups is 1. The zero-order valence-electron chi connectivity index (χ0n) is 13.1. The van der Waals surface area contributed by atoms with Crippen LogP contribution in [0.15, 0.2) is 80.9 Å². The third-order valence-corrected chi connectivity index (χ3v) is 5.15. The van der Waals surface area contributed by atoms with Gasteiger partial charge in [0.15, 0.2) is 0 Å². The Hall–Kier alpha value is -2.37. The minimum atomic E-state index is -0.187. The fraction of sp³-hybridized carbons (Fsp3) is 0.0526. The van der Waals surface area contributed by atoms with Crippen molar-refractivity contribution in [2.75, 3.05) is 0 Å². The summed E-state index contributed by atoms with van der Waals surface area (Å²) in [5.74, 6) is -0.187. The molecular weight excluding hydrogens is 336 g/mol. The number of aryl methyl sites for hydroxylation is 1. The Kier molecular flexibility index (Phi) is 5.46. The molecule has 3 nitrogen and oxygen atoms in total. The SMILES string of the molecule is Cc1ccc(Sc2ccc(/C=N/NC(=O)c3cccs3)cc2)cc1. The second-order valence-electron chi connectivity index (χ2n) is 5.16. The topological polar surface area (TPSA) is 41.5 Å². The first-order valence-corrected chi connectivity index (χ1v) is 9.12. The van der Waals surface area contributed by atoms with Gasteiger partial charge in [-0.15, -0.1) is 11.3 Å². The summed E-state index contributed by atoms with van der Waals surface area (Å²) in [5, 5.41) is 5.86. The molecule has 1 aromatic heterocycles. The molecule has 0 fully saturated rings. The van der Waals surface area contributed by atoms with Gasteiger partial charge in [-0.2, -0.15) is 5.10 Å². The zero-order valence-corrected chi connectivity index (χ0v) is 14.7. The molecule has 0 aliphatic rings. The highest BCUT2D eigenvalue weighted by Crippen LogP contribution is 2.27. The summed E-state index contributed by atoms with van der Waals surface area (Å²) in [6.07, 6.45) is 1.64. The number of nitrogens with one attached hydrogen (secondary N) is 1. The predicted octanol–water partition coefficient (Wildman–Crippen LogP) is 4.97. The van der Waals surface area contributed by atoms with E-state index >= 15 is 0 Å². The maximum atomic E-state index is 11.8. The smallest absolute Gasteiger partial charge is 0.266 e. The number of carbonyl (C=O) groups is 1. The lowest BCUT2D eigenvalue weighted by Gasteiger charge is -2.03. The lowest BCUT2D eigenvalue weighted by Crippen LogP contribution is -2.16. The van der Waals surface area contributed by atoms with E-state index in [1.165, 1.54) is 26.7 Å². The molecule has 0 saturated heterocycles. The number of amides is 1. The van der Waals surface area contributed by atoms with E-state index in [4.69, 9.17) is 0 Å². The van der Waals surface area contributed by atoms with Crippen molar-refractivity contribution in [3.05, 3.63) is 82.0 Å². The molecule has 0 radical (unpaired) electrons. The van der Waals surface area contributed by atoms with Gasteiger partial charge in [-0.05, 0) is 48.2 Å². The highest BCUT2D eigenvalue weighted by Gasteiger charge is 2.03. The molecule has 0 aliphatic carbocycles. The van der Waals surface area contributed by atoms with Crippen LogP contribution in [0.3, 0.4) is 0 Å². The van der Waals surface area contributed by atoms with E-state index in [1.807, 2.05) is 35.7 Å². The fourth-order valence-corrected chi connectivity index (χ4v) is 3.42. The van der Waals surface area contributed by atoms with Gasteiger partial charge in [0.05, 0.1) is 11.1 Å². The molecule has 0 atom stereocenters. The van der Waals surface area contributed by atoms with Crippen LogP contribution in [0.5, 0.6) is 0 Å². The highest BCUT2D eigenvalue weighted by atomic mass is 32.2. The average Bonchev–Trinajstić information content (AvgIpc) is 3.13. The van der Waals surface area contributed by atoms with Crippen LogP contribution in [0.1, 0.15) is 20.8 Å². The van der Waals surface area contributed by atoms with E-state index in [2.05, 4.69) is 41.7 Å². The summed E-state index contributed by atoms with van der Waals surface area (Å²) in [6.45, 7) is 2.08. The third-order valence-electron chi connectivity index (χ3n) is 3.26. The number of carbonyl (C=O) groups excluding carboxylic acids is 1. The van der Waals surface area contributed by atoms with Crippen LogP contribution in [0.4, 0.5) is 0 Å². The molecule has 5 heteroatoms. The van der Waals surface area contributed by atoms with E-state index in [0.29, 0.717) is 4.88 Å². The van der Waals surface area contributed by atoms with E-state index < -0.39 is 0 Å². The van der Waals surface area contributed by atoms with Gasteiger partial charge < -0.3 is 0 Å². The van der Waals surface area contributed by atoms with Crippen molar-refractivity contribution in [2.45, 2.75) is 16.7 Å². The molecule has 3 aromatic rings. The van der Waals surface area contributed by atoms with Gasteiger partial charge in [0.1, 0.15) is 0 Å². The first-order valence-electron chi connectivity index (χ1n) is 7.42. The van der Waals surface area contributed by atoms with Crippen molar-refractivity contribution in [1.82, 2.24) is 5.43 Å². The molecule has 1 amide bonds. The fourth-order valence-electron chi connectivity index (χ4n) is 1.99. The minimum absolute atomic E-state index is 0.187. The number of rotatable bonds is 5. The first-order chi connectivity index (χ1) is 11.7. The van der Waals surface area contributed by atoms with Crippen LogP contribution in [-0.4, -0.2) is 12.1 Å². The summed E-state index contributed by atoms with van der Waals surface area (Å²) < 4.78 is 0. The predicted molar refractivity (Wildman–Crippen MR) is 101 cm³/mol. The third kappa shape index (κ3) is 4.57. The van der Waals surface area contributed by atoms with Crippen LogP contribution in [-0.2, 0) is 0 Å². The van der Waals surface area contributed by atoms with Crippen LogP contribution in [0.2, 0.25) is 0 Å². The van der Waals surface area contributed by atoms with Crippen molar-refractivity contribution >= 4 is 35.2 Å². The van der Waals surface area contributed by atoms with Crippen LogP contribution in [0, 0.1) is 6.92 Å². The molecule has 1 N–H and O–H groups in total. The minimum Gasteiger partial charge on any atom is -0.266 e. The molecule has 0 unspecified atom stereocenters. The van der Waals surface area contributed by atoms with Crippen molar-refractivity contribution < 1.29 is 4.79 Å². The van der Waals surface area contributed by atoms with Gasteiger partial charge in [0, 0.05) is 9.79 Å². The average molecular weight is 352 g/mol. The first kappa shape index (κ1) is 16.5. The molecule has 0 bridgehead atoms. The molecular formula is C19H16N2OS2. The Morgan fingerprint density at radius 2 is 1.71 bits per heavy atom. The molecule has 3 rings (SSSR count). The summed E-state index contributed by atoms with van der Waals surface area (Å²) in [7, 11) is 0. The second kappa shape index (κ2) is 7.95. The number of thiophene rings is 1. The Labute approximate surface area is 149 Å². The molecule has 0 aliphatic heterocycles. The number of benzene rings is 2. The normalized spacial score (nSPS) is 10.9. The van der Waals surface area contributed by atoms with Crippen molar-refractivity contribution in [3.8, 4) is 0 Å². The van der Waals surface area contributed by atoms with E-state index in [1.54, 1.807) is 24.0 Å². The molecule has 24 heavy (non-hydrogen) atoms. The monoisotopic (exact) mass is 352 g/mol. The Bertz CT molecular complexity index is 823. The summed E-state index contributed by atoms with van der Waals surface area (Å²) >= 11 is 3.11. The molecule has 0 saturated carbocycles. The lowest BCUT2D eigenvalue weighted by molar-refractivity contribution is 0.0959. The van der Waals surface area contributed by atoms with Gasteiger partial charge in [0.2, 0.25) is 0 Å². The number of hydrogen-bond acceptors (Lipinski definition) is 4. The zero-order chi connectivity index (χ0) is 16.8. The summed E-state index contributed by atoms with van der Waals surface area (Å²) in [5.41, 5.74) is 4.73. The van der Waals surface area contributed by atoms with Crippen LogP contribution < -0.4 is 5.43 Å². The standard InChI is InChI=1S/C19H16N2OS2/c1-14-4-8-16(9-5-14)24-17-10-6-15(7-11-17)13-20-21-19(22)18-3-2-12-23-18/h2-13H,1H3,(H,21,22)/b20-13+.